The Bertz CT molecular complexity index is 1300. The van der Waals surface area contributed by atoms with Crippen molar-refractivity contribution >= 4 is 22.2 Å². The molecule has 2 aromatic carbocycles. The normalized spacial score (nSPS) is 14.8. The van der Waals surface area contributed by atoms with Crippen LogP contribution in [0.25, 0.3) is 16.6 Å². The zero-order valence-corrected chi connectivity index (χ0v) is 20.0. The Labute approximate surface area is 201 Å². The van der Waals surface area contributed by atoms with E-state index in [2.05, 4.69) is 34.1 Å². The lowest BCUT2D eigenvalue weighted by molar-refractivity contribution is 0.251. The average Bonchev–Trinajstić information content (AvgIpc) is 3.39. The molecule has 1 saturated heterocycles. The van der Waals surface area contributed by atoms with Gasteiger partial charge in [-0.3, -0.25) is 9.69 Å². The maximum atomic E-state index is 13.0. The molecular weight excluding hydrogens is 424 g/mol. The minimum atomic E-state index is 0.108. The number of aromatic nitrogens is 2. The molecule has 0 radical (unpaired) electrons. The van der Waals surface area contributed by atoms with Crippen LogP contribution >= 0.6 is 0 Å². The highest BCUT2D eigenvalue weighted by molar-refractivity contribution is 5.79. The highest BCUT2D eigenvalue weighted by Crippen LogP contribution is 2.28. The van der Waals surface area contributed by atoms with E-state index in [0.29, 0.717) is 0 Å². The minimum absolute atomic E-state index is 0.108. The van der Waals surface area contributed by atoms with E-state index in [0.717, 1.165) is 74.4 Å². The lowest BCUT2D eigenvalue weighted by Crippen LogP contribution is -2.46. The fourth-order valence-corrected chi connectivity index (χ4v) is 5.19. The van der Waals surface area contributed by atoms with Gasteiger partial charge in [0, 0.05) is 38.9 Å². The van der Waals surface area contributed by atoms with E-state index in [1.165, 1.54) is 18.5 Å². The standard InChI is InChI=1S/C28H34N4O2/c1-34-27-15-7-6-13-25(27)30-21-19-29(20-22-30)16-8-2-3-9-17-32-24-12-5-4-11-23(24)31-18-10-14-26(31)28(32)33/h4-7,10-15,18H,2-3,8-9,16-17,19-22H2,1H3. The molecule has 0 N–H and O–H groups in total. The molecule has 6 heteroatoms. The fourth-order valence-electron chi connectivity index (χ4n) is 5.19. The van der Waals surface area contributed by atoms with Gasteiger partial charge in [0.15, 0.2) is 0 Å². The third-order valence-corrected chi connectivity index (χ3v) is 7.05. The van der Waals surface area contributed by atoms with E-state index < -0.39 is 0 Å². The number of ether oxygens (including phenoxy) is 1. The first-order valence-corrected chi connectivity index (χ1v) is 12.5. The number of hydrogen-bond donors (Lipinski definition) is 0. The summed E-state index contributed by atoms with van der Waals surface area (Å²) in [4.78, 5) is 18.0. The summed E-state index contributed by atoms with van der Waals surface area (Å²) in [5.41, 5.74) is 4.17. The van der Waals surface area contributed by atoms with Crippen molar-refractivity contribution in [3.05, 3.63) is 77.2 Å². The van der Waals surface area contributed by atoms with Crippen LogP contribution in [0.3, 0.4) is 0 Å². The smallest absolute Gasteiger partial charge is 0.275 e. The lowest BCUT2D eigenvalue weighted by Gasteiger charge is -2.36. The van der Waals surface area contributed by atoms with Gasteiger partial charge < -0.3 is 18.6 Å². The van der Waals surface area contributed by atoms with Crippen molar-refractivity contribution in [1.82, 2.24) is 13.9 Å². The molecule has 0 aliphatic carbocycles. The molecule has 1 fully saturated rings. The van der Waals surface area contributed by atoms with E-state index >= 15 is 0 Å². The highest BCUT2D eigenvalue weighted by Gasteiger charge is 2.19. The summed E-state index contributed by atoms with van der Waals surface area (Å²) in [5.74, 6) is 0.957. The van der Waals surface area contributed by atoms with Crippen LogP contribution in [-0.4, -0.2) is 53.7 Å². The Morgan fingerprint density at radius 3 is 2.21 bits per heavy atom. The number of methoxy groups -OCH3 is 1. The predicted octanol–water partition coefficient (Wildman–Crippen LogP) is 4.65. The number of unbranched alkanes of at least 4 members (excludes halogenated alkanes) is 3. The Morgan fingerprint density at radius 1 is 0.735 bits per heavy atom. The van der Waals surface area contributed by atoms with E-state index in [1.807, 2.05) is 51.6 Å². The van der Waals surface area contributed by atoms with Crippen LogP contribution in [0.1, 0.15) is 25.7 Å². The summed E-state index contributed by atoms with van der Waals surface area (Å²) >= 11 is 0. The van der Waals surface area contributed by atoms with Crippen LogP contribution in [-0.2, 0) is 6.54 Å². The number of piperazine rings is 1. The maximum absolute atomic E-state index is 13.0. The van der Waals surface area contributed by atoms with Crippen molar-refractivity contribution in [2.24, 2.45) is 0 Å². The first-order chi connectivity index (χ1) is 16.8. The Hall–Kier alpha value is -3.25. The van der Waals surface area contributed by atoms with Gasteiger partial charge in [0.25, 0.3) is 5.56 Å². The first kappa shape index (κ1) is 22.5. The lowest BCUT2D eigenvalue weighted by atomic mass is 10.1. The van der Waals surface area contributed by atoms with Crippen molar-refractivity contribution in [1.29, 1.82) is 0 Å². The average molecular weight is 459 g/mol. The third kappa shape index (κ3) is 4.55. The number of hydrogen-bond acceptors (Lipinski definition) is 4. The number of anilines is 1. The minimum Gasteiger partial charge on any atom is -0.495 e. The van der Waals surface area contributed by atoms with Gasteiger partial charge >= 0.3 is 0 Å². The summed E-state index contributed by atoms with van der Waals surface area (Å²) in [6.45, 7) is 6.20. The second-order valence-electron chi connectivity index (χ2n) is 9.12. The van der Waals surface area contributed by atoms with Crippen molar-refractivity contribution in [3.8, 4) is 5.75 Å². The molecule has 34 heavy (non-hydrogen) atoms. The first-order valence-electron chi connectivity index (χ1n) is 12.5. The molecule has 5 rings (SSSR count). The SMILES string of the molecule is COc1ccccc1N1CCN(CCCCCCn2c(=O)c3cccn3c3ccccc32)CC1. The van der Waals surface area contributed by atoms with Gasteiger partial charge in [-0.05, 0) is 55.8 Å². The third-order valence-electron chi connectivity index (χ3n) is 7.05. The van der Waals surface area contributed by atoms with Crippen molar-refractivity contribution in [3.63, 3.8) is 0 Å². The number of fused-ring (bicyclic) bond motifs is 3. The second-order valence-corrected chi connectivity index (χ2v) is 9.12. The zero-order valence-electron chi connectivity index (χ0n) is 20.0. The van der Waals surface area contributed by atoms with Crippen molar-refractivity contribution in [2.45, 2.75) is 32.2 Å². The van der Waals surface area contributed by atoms with Gasteiger partial charge in [0.1, 0.15) is 11.3 Å². The number of para-hydroxylation sites is 4. The molecule has 1 aliphatic rings. The van der Waals surface area contributed by atoms with Gasteiger partial charge in [-0.25, -0.2) is 0 Å². The van der Waals surface area contributed by atoms with Gasteiger partial charge in [0.05, 0.1) is 23.8 Å². The van der Waals surface area contributed by atoms with Gasteiger partial charge in [-0.15, -0.1) is 0 Å². The number of rotatable bonds is 9. The molecule has 0 atom stereocenters. The maximum Gasteiger partial charge on any atom is 0.275 e. The van der Waals surface area contributed by atoms with Crippen molar-refractivity contribution in [2.75, 3.05) is 44.7 Å². The summed E-state index contributed by atoms with van der Waals surface area (Å²) in [5, 5.41) is 0. The van der Waals surface area contributed by atoms with Crippen LogP contribution in [0, 0.1) is 0 Å². The van der Waals surface area contributed by atoms with Gasteiger partial charge in [-0.1, -0.05) is 37.1 Å². The van der Waals surface area contributed by atoms with Crippen molar-refractivity contribution < 1.29 is 4.74 Å². The molecule has 0 unspecified atom stereocenters. The topological polar surface area (TPSA) is 42.1 Å². The zero-order chi connectivity index (χ0) is 23.3. The highest BCUT2D eigenvalue weighted by atomic mass is 16.5. The molecule has 0 bridgehead atoms. The van der Waals surface area contributed by atoms with E-state index in [4.69, 9.17) is 4.74 Å². The molecular formula is C28H34N4O2. The van der Waals surface area contributed by atoms with Gasteiger partial charge in [-0.2, -0.15) is 0 Å². The van der Waals surface area contributed by atoms with E-state index in [1.54, 1.807) is 7.11 Å². The Balaban J connectivity index is 1.08. The fraction of sp³-hybridized carbons (Fsp3) is 0.393. The van der Waals surface area contributed by atoms with Crippen LogP contribution < -0.4 is 15.2 Å². The van der Waals surface area contributed by atoms with Crippen LogP contribution in [0.5, 0.6) is 5.75 Å². The predicted molar refractivity (Wildman–Crippen MR) is 139 cm³/mol. The molecule has 2 aromatic heterocycles. The summed E-state index contributed by atoms with van der Waals surface area (Å²) < 4.78 is 9.49. The molecule has 0 amide bonds. The monoisotopic (exact) mass is 458 g/mol. The largest absolute Gasteiger partial charge is 0.495 e. The summed E-state index contributed by atoms with van der Waals surface area (Å²) in [6, 6.07) is 20.4. The molecule has 178 valence electrons. The van der Waals surface area contributed by atoms with E-state index in [-0.39, 0.29) is 5.56 Å². The van der Waals surface area contributed by atoms with E-state index in [9.17, 15) is 4.79 Å². The Morgan fingerprint density at radius 2 is 1.41 bits per heavy atom. The number of nitrogens with zero attached hydrogens (tertiary/aromatic N) is 4. The van der Waals surface area contributed by atoms with Gasteiger partial charge in [0.2, 0.25) is 0 Å². The van der Waals surface area contributed by atoms with Crippen LogP contribution in [0.2, 0.25) is 0 Å². The molecule has 0 saturated carbocycles. The van der Waals surface area contributed by atoms with Crippen LogP contribution in [0.4, 0.5) is 5.69 Å². The molecule has 1 aliphatic heterocycles. The molecule has 4 aromatic rings. The summed E-state index contributed by atoms with van der Waals surface area (Å²) in [6.07, 6.45) is 6.56. The summed E-state index contributed by atoms with van der Waals surface area (Å²) in [7, 11) is 1.74. The molecule has 3 heterocycles. The number of aryl methyl sites for hydroxylation is 1. The quantitative estimate of drug-likeness (QED) is 0.343. The number of benzene rings is 2. The molecule has 0 spiro atoms. The Kier molecular flexibility index (Phi) is 6.86. The molecule has 6 nitrogen and oxygen atoms in total. The second kappa shape index (κ2) is 10.3. The van der Waals surface area contributed by atoms with Crippen LogP contribution in [0.15, 0.2) is 71.7 Å².